The number of rotatable bonds is 3. The van der Waals surface area contributed by atoms with Crippen molar-refractivity contribution in [2.24, 2.45) is 0 Å². The molecule has 2 rings (SSSR count). The van der Waals surface area contributed by atoms with Crippen molar-refractivity contribution in [3.8, 4) is 22.6 Å². The van der Waals surface area contributed by atoms with E-state index in [1.807, 2.05) is 38.1 Å². The Morgan fingerprint density at radius 2 is 1.05 bits per heavy atom. The molecule has 0 bridgehead atoms. The zero-order valence-electron chi connectivity index (χ0n) is 12.3. The number of nitrogen functional groups attached to an aromatic ring is 2. The van der Waals surface area contributed by atoms with Crippen LogP contribution in [0, 0.1) is 13.8 Å². The van der Waals surface area contributed by atoms with Crippen LogP contribution in [-0.4, -0.2) is 14.2 Å². The summed E-state index contributed by atoms with van der Waals surface area (Å²) < 4.78 is 10.5. The van der Waals surface area contributed by atoms with E-state index in [1.54, 1.807) is 14.2 Å². The Hall–Kier alpha value is -2.36. The minimum Gasteiger partial charge on any atom is -0.497 e. The molecule has 0 atom stereocenters. The lowest BCUT2D eigenvalue weighted by atomic mass is 9.93. The second kappa shape index (κ2) is 5.33. The summed E-state index contributed by atoms with van der Waals surface area (Å²) in [6.07, 6.45) is 0. The van der Waals surface area contributed by atoms with Crippen molar-refractivity contribution in [2.45, 2.75) is 13.8 Å². The van der Waals surface area contributed by atoms with E-state index in [0.717, 1.165) is 33.8 Å². The molecular formula is C16H20N2O2. The molecular weight excluding hydrogens is 252 g/mol. The van der Waals surface area contributed by atoms with Gasteiger partial charge in [-0.1, -0.05) is 0 Å². The highest BCUT2D eigenvalue weighted by Crippen LogP contribution is 2.40. The molecule has 0 saturated carbocycles. The first-order valence-electron chi connectivity index (χ1n) is 6.36. The van der Waals surface area contributed by atoms with Gasteiger partial charge in [0.15, 0.2) is 0 Å². The third kappa shape index (κ3) is 2.37. The largest absolute Gasteiger partial charge is 0.497 e. The molecule has 0 aliphatic heterocycles. The molecule has 0 aliphatic rings. The van der Waals surface area contributed by atoms with Crippen molar-refractivity contribution in [3.63, 3.8) is 0 Å². The van der Waals surface area contributed by atoms with Crippen molar-refractivity contribution in [1.82, 2.24) is 0 Å². The number of aryl methyl sites for hydroxylation is 2. The van der Waals surface area contributed by atoms with Gasteiger partial charge in [-0.25, -0.2) is 0 Å². The molecule has 0 amide bonds. The van der Waals surface area contributed by atoms with Crippen LogP contribution in [0.15, 0.2) is 24.3 Å². The van der Waals surface area contributed by atoms with E-state index in [4.69, 9.17) is 20.9 Å². The van der Waals surface area contributed by atoms with Crippen LogP contribution in [0.2, 0.25) is 0 Å². The van der Waals surface area contributed by atoms with Gasteiger partial charge in [-0.05, 0) is 37.1 Å². The van der Waals surface area contributed by atoms with E-state index < -0.39 is 0 Å². The van der Waals surface area contributed by atoms with Crippen LogP contribution in [0.4, 0.5) is 11.4 Å². The Bertz CT molecular complexity index is 547. The van der Waals surface area contributed by atoms with Crippen molar-refractivity contribution in [2.75, 3.05) is 25.7 Å². The average Bonchev–Trinajstić information content (AvgIpc) is 2.40. The van der Waals surface area contributed by atoms with Crippen molar-refractivity contribution in [1.29, 1.82) is 0 Å². The van der Waals surface area contributed by atoms with E-state index in [2.05, 4.69) is 0 Å². The minimum absolute atomic E-state index is 0.654. The topological polar surface area (TPSA) is 70.5 Å². The average molecular weight is 272 g/mol. The van der Waals surface area contributed by atoms with Crippen molar-refractivity contribution < 1.29 is 9.47 Å². The highest BCUT2D eigenvalue weighted by atomic mass is 16.5. The first kappa shape index (κ1) is 14.1. The fourth-order valence-electron chi connectivity index (χ4n) is 2.48. The molecule has 106 valence electrons. The summed E-state index contributed by atoms with van der Waals surface area (Å²) in [5.41, 5.74) is 17.6. The number of anilines is 2. The molecule has 20 heavy (non-hydrogen) atoms. The van der Waals surface area contributed by atoms with Crippen LogP contribution in [0.3, 0.4) is 0 Å². The van der Waals surface area contributed by atoms with E-state index in [9.17, 15) is 0 Å². The lowest BCUT2D eigenvalue weighted by molar-refractivity contribution is 0.414. The summed E-state index contributed by atoms with van der Waals surface area (Å²) in [5, 5.41) is 0. The molecule has 0 fully saturated rings. The smallest absolute Gasteiger partial charge is 0.121 e. The molecule has 4 N–H and O–H groups in total. The summed E-state index contributed by atoms with van der Waals surface area (Å²) >= 11 is 0. The zero-order chi connectivity index (χ0) is 14.9. The lowest BCUT2D eigenvalue weighted by Gasteiger charge is -2.17. The highest BCUT2D eigenvalue weighted by molar-refractivity contribution is 5.89. The second-order valence-corrected chi connectivity index (χ2v) is 4.82. The van der Waals surface area contributed by atoms with Crippen LogP contribution < -0.4 is 20.9 Å². The van der Waals surface area contributed by atoms with Crippen LogP contribution in [-0.2, 0) is 0 Å². The first-order valence-corrected chi connectivity index (χ1v) is 6.36. The molecule has 4 nitrogen and oxygen atoms in total. The predicted octanol–water partition coefficient (Wildman–Crippen LogP) is 3.15. The van der Waals surface area contributed by atoms with Gasteiger partial charge in [-0.3, -0.25) is 0 Å². The van der Waals surface area contributed by atoms with E-state index in [-0.39, 0.29) is 0 Å². The van der Waals surface area contributed by atoms with Gasteiger partial charge in [0.1, 0.15) is 11.5 Å². The molecule has 0 aliphatic carbocycles. The van der Waals surface area contributed by atoms with E-state index in [0.29, 0.717) is 11.4 Å². The monoisotopic (exact) mass is 272 g/mol. The molecule has 0 saturated heterocycles. The third-order valence-electron chi connectivity index (χ3n) is 3.40. The van der Waals surface area contributed by atoms with Gasteiger partial charge in [0.2, 0.25) is 0 Å². The summed E-state index contributed by atoms with van der Waals surface area (Å²) in [5.74, 6) is 1.49. The van der Waals surface area contributed by atoms with Crippen LogP contribution in [0.5, 0.6) is 11.5 Å². The second-order valence-electron chi connectivity index (χ2n) is 4.82. The number of hydrogen-bond donors (Lipinski definition) is 2. The molecule has 0 unspecified atom stereocenters. The number of nitrogens with two attached hydrogens (primary N) is 2. The Kier molecular flexibility index (Phi) is 3.74. The van der Waals surface area contributed by atoms with Crippen molar-refractivity contribution >= 4 is 11.4 Å². The maximum Gasteiger partial charge on any atom is 0.121 e. The molecule has 0 heterocycles. The maximum absolute atomic E-state index is 6.17. The minimum atomic E-state index is 0.654. The number of methoxy groups -OCH3 is 2. The van der Waals surface area contributed by atoms with Crippen LogP contribution in [0.1, 0.15) is 11.1 Å². The fourth-order valence-corrected chi connectivity index (χ4v) is 2.48. The number of ether oxygens (including phenoxy) is 2. The first-order chi connectivity index (χ1) is 9.47. The van der Waals surface area contributed by atoms with Gasteiger partial charge >= 0.3 is 0 Å². The van der Waals surface area contributed by atoms with Gasteiger partial charge in [0.25, 0.3) is 0 Å². The Morgan fingerprint density at radius 3 is 1.30 bits per heavy atom. The molecule has 4 heteroatoms. The van der Waals surface area contributed by atoms with Crippen LogP contribution in [0.25, 0.3) is 11.1 Å². The molecule has 0 spiro atoms. The van der Waals surface area contributed by atoms with E-state index >= 15 is 0 Å². The molecule has 0 radical (unpaired) electrons. The SMILES string of the molecule is COc1cc(C)c(-c2c(C)cc(OC)cc2N)c(N)c1. The van der Waals surface area contributed by atoms with Gasteiger partial charge in [0.05, 0.1) is 14.2 Å². The Balaban J connectivity index is 2.69. The Morgan fingerprint density at radius 1 is 0.700 bits per heavy atom. The predicted molar refractivity (Wildman–Crippen MR) is 83.3 cm³/mol. The molecule has 0 aromatic heterocycles. The standard InChI is InChI=1S/C16H20N2O2/c1-9-5-11(19-3)7-13(17)15(9)16-10(2)6-12(20-4)8-14(16)18/h5-8H,17-18H2,1-4H3. The highest BCUT2D eigenvalue weighted by Gasteiger charge is 2.15. The van der Waals surface area contributed by atoms with Gasteiger partial charge in [-0.2, -0.15) is 0 Å². The normalized spacial score (nSPS) is 10.4. The zero-order valence-corrected chi connectivity index (χ0v) is 12.3. The lowest BCUT2D eigenvalue weighted by Crippen LogP contribution is -2.01. The third-order valence-corrected chi connectivity index (χ3v) is 3.40. The summed E-state index contributed by atoms with van der Waals surface area (Å²) in [6, 6.07) is 7.53. The molecule has 2 aromatic carbocycles. The maximum atomic E-state index is 6.17. The van der Waals surface area contributed by atoms with Crippen molar-refractivity contribution in [3.05, 3.63) is 35.4 Å². The van der Waals surface area contributed by atoms with E-state index in [1.165, 1.54) is 0 Å². The quantitative estimate of drug-likeness (QED) is 0.842. The number of hydrogen-bond acceptors (Lipinski definition) is 4. The number of benzene rings is 2. The summed E-state index contributed by atoms with van der Waals surface area (Å²) in [7, 11) is 3.25. The Labute approximate surface area is 119 Å². The van der Waals surface area contributed by atoms with Gasteiger partial charge in [0, 0.05) is 34.6 Å². The van der Waals surface area contributed by atoms with Gasteiger partial charge in [-0.15, -0.1) is 0 Å². The van der Waals surface area contributed by atoms with Crippen LogP contribution >= 0.6 is 0 Å². The molecule has 2 aromatic rings. The summed E-state index contributed by atoms with van der Waals surface area (Å²) in [4.78, 5) is 0. The van der Waals surface area contributed by atoms with Gasteiger partial charge < -0.3 is 20.9 Å². The fraction of sp³-hybridized carbons (Fsp3) is 0.250. The summed E-state index contributed by atoms with van der Waals surface area (Å²) in [6.45, 7) is 3.99.